The van der Waals surface area contributed by atoms with Crippen molar-refractivity contribution < 1.29 is 9.53 Å². The first-order valence-electron chi connectivity index (χ1n) is 4.93. The maximum Gasteiger partial charge on any atom is 0.358 e. The molecule has 88 valence electrons. The minimum absolute atomic E-state index is 0.271. The molecule has 0 aliphatic heterocycles. The summed E-state index contributed by atoms with van der Waals surface area (Å²) >= 11 is 7.13. The SMILES string of the molecule is COC(=O)c1nc(Cl)sc1-c1cccc(C)c1. The van der Waals surface area contributed by atoms with Gasteiger partial charge in [0.15, 0.2) is 10.2 Å². The molecule has 0 amide bonds. The van der Waals surface area contributed by atoms with Gasteiger partial charge in [-0.15, -0.1) is 11.3 Å². The van der Waals surface area contributed by atoms with Crippen LogP contribution in [0.15, 0.2) is 24.3 Å². The normalized spacial score (nSPS) is 10.3. The Morgan fingerprint density at radius 1 is 1.47 bits per heavy atom. The van der Waals surface area contributed by atoms with Crippen LogP contribution in [0, 0.1) is 6.92 Å². The number of aromatic nitrogens is 1. The Kier molecular flexibility index (Phi) is 3.45. The Labute approximate surface area is 108 Å². The van der Waals surface area contributed by atoms with E-state index >= 15 is 0 Å². The highest BCUT2D eigenvalue weighted by Gasteiger charge is 2.19. The number of ether oxygens (including phenoxy) is 1. The lowest BCUT2D eigenvalue weighted by Gasteiger charge is -2.01. The Hall–Kier alpha value is -1.39. The van der Waals surface area contributed by atoms with Gasteiger partial charge in [0.1, 0.15) is 0 Å². The standard InChI is InChI=1S/C12H10ClNO2S/c1-7-4-3-5-8(6-7)10-9(11(15)16-2)14-12(13)17-10/h3-6H,1-2H3. The van der Waals surface area contributed by atoms with Crippen LogP contribution in [-0.4, -0.2) is 18.1 Å². The van der Waals surface area contributed by atoms with Crippen molar-refractivity contribution in [3.05, 3.63) is 40.0 Å². The molecule has 0 aliphatic carbocycles. The molecule has 0 saturated carbocycles. The summed E-state index contributed by atoms with van der Waals surface area (Å²) in [6.45, 7) is 1.99. The second kappa shape index (κ2) is 4.85. The van der Waals surface area contributed by atoms with Crippen LogP contribution in [0.4, 0.5) is 0 Å². The van der Waals surface area contributed by atoms with Gasteiger partial charge in [0, 0.05) is 0 Å². The number of rotatable bonds is 2. The molecule has 2 aromatic rings. The van der Waals surface area contributed by atoms with Crippen LogP contribution >= 0.6 is 22.9 Å². The van der Waals surface area contributed by atoms with E-state index in [2.05, 4.69) is 9.72 Å². The molecule has 0 spiro atoms. The quantitative estimate of drug-likeness (QED) is 0.781. The summed E-state index contributed by atoms with van der Waals surface area (Å²) in [6.07, 6.45) is 0. The third-order valence-electron chi connectivity index (χ3n) is 2.26. The molecule has 0 atom stereocenters. The molecule has 0 saturated heterocycles. The second-order valence-corrected chi connectivity index (χ2v) is 5.09. The number of aryl methyl sites for hydroxylation is 1. The molecule has 1 aromatic heterocycles. The Bertz CT molecular complexity index is 565. The van der Waals surface area contributed by atoms with Crippen LogP contribution < -0.4 is 0 Å². The number of hydrogen-bond donors (Lipinski definition) is 0. The van der Waals surface area contributed by atoms with Crippen molar-refractivity contribution in [1.82, 2.24) is 4.98 Å². The van der Waals surface area contributed by atoms with Gasteiger partial charge in [-0.05, 0) is 12.5 Å². The van der Waals surface area contributed by atoms with Crippen molar-refractivity contribution in [2.24, 2.45) is 0 Å². The van der Waals surface area contributed by atoms with Gasteiger partial charge in [0.2, 0.25) is 0 Å². The van der Waals surface area contributed by atoms with Crippen molar-refractivity contribution in [3.63, 3.8) is 0 Å². The number of esters is 1. The lowest BCUT2D eigenvalue weighted by Crippen LogP contribution is -2.03. The summed E-state index contributed by atoms with van der Waals surface area (Å²) in [5.74, 6) is -0.468. The van der Waals surface area contributed by atoms with Gasteiger partial charge in [-0.2, -0.15) is 0 Å². The molecule has 0 radical (unpaired) electrons. The van der Waals surface area contributed by atoms with E-state index in [1.807, 2.05) is 31.2 Å². The number of methoxy groups -OCH3 is 1. The second-order valence-electron chi connectivity index (χ2n) is 3.51. The maximum atomic E-state index is 11.6. The number of carbonyl (C=O) groups excluding carboxylic acids is 1. The lowest BCUT2D eigenvalue weighted by atomic mass is 10.1. The lowest BCUT2D eigenvalue weighted by molar-refractivity contribution is 0.0596. The fourth-order valence-corrected chi connectivity index (χ4v) is 2.60. The predicted octanol–water partition coefficient (Wildman–Crippen LogP) is 3.56. The molecule has 2 rings (SSSR count). The summed E-state index contributed by atoms with van der Waals surface area (Å²) in [7, 11) is 1.33. The van der Waals surface area contributed by atoms with Crippen molar-refractivity contribution in [2.45, 2.75) is 6.92 Å². The van der Waals surface area contributed by atoms with Crippen LogP contribution in [0.2, 0.25) is 4.47 Å². The third-order valence-corrected chi connectivity index (χ3v) is 3.47. The molecule has 17 heavy (non-hydrogen) atoms. The highest BCUT2D eigenvalue weighted by Crippen LogP contribution is 2.33. The molecular formula is C12H10ClNO2S. The van der Waals surface area contributed by atoms with Gasteiger partial charge in [-0.1, -0.05) is 41.4 Å². The van der Waals surface area contributed by atoms with Crippen LogP contribution in [0.5, 0.6) is 0 Å². The van der Waals surface area contributed by atoms with Crippen LogP contribution in [0.25, 0.3) is 10.4 Å². The first-order valence-corrected chi connectivity index (χ1v) is 6.13. The molecule has 3 nitrogen and oxygen atoms in total. The Morgan fingerprint density at radius 2 is 2.24 bits per heavy atom. The smallest absolute Gasteiger partial charge is 0.358 e. The highest BCUT2D eigenvalue weighted by molar-refractivity contribution is 7.19. The molecule has 0 aliphatic rings. The highest BCUT2D eigenvalue weighted by atomic mass is 35.5. The number of nitrogens with zero attached hydrogens (tertiary/aromatic N) is 1. The number of halogens is 1. The summed E-state index contributed by atoms with van der Waals surface area (Å²) in [5.41, 5.74) is 2.31. The summed E-state index contributed by atoms with van der Waals surface area (Å²) in [6, 6.07) is 7.82. The summed E-state index contributed by atoms with van der Waals surface area (Å²) in [5, 5.41) is 0. The minimum Gasteiger partial charge on any atom is -0.464 e. The zero-order chi connectivity index (χ0) is 12.4. The summed E-state index contributed by atoms with van der Waals surface area (Å²) in [4.78, 5) is 16.3. The van der Waals surface area contributed by atoms with Crippen LogP contribution in [0.3, 0.4) is 0 Å². The molecule has 0 fully saturated rings. The van der Waals surface area contributed by atoms with Gasteiger partial charge in [-0.3, -0.25) is 0 Å². The first kappa shape index (κ1) is 12.1. The van der Waals surface area contributed by atoms with Gasteiger partial charge >= 0.3 is 5.97 Å². The molecule has 1 heterocycles. The number of carbonyl (C=O) groups is 1. The van der Waals surface area contributed by atoms with E-state index in [0.29, 0.717) is 4.47 Å². The zero-order valence-corrected chi connectivity index (χ0v) is 10.9. The molecule has 0 N–H and O–H groups in total. The van der Waals surface area contributed by atoms with Gasteiger partial charge < -0.3 is 4.74 Å². The average Bonchev–Trinajstić information content (AvgIpc) is 2.70. The molecular weight excluding hydrogens is 258 g/mol. The van der Waals surface area contributed by atoms with E-state index in [1.54, 1.807) is 0 Å². The van der Waals surface area contributed by atoms with Crippen molar-refractivity contribution in [2.75, 3.05) is 7.11 Å². The van der Waals surface area contributed by atoms with Crippen molar-refractivity contribution >= 4 is 28.9 Å². The van der Waals surface area contributed by atoms with Crippen LogP contribution in [0.1, 0.15) is 16.1 Å². The topological polar surface area (TPSA) is 39.2 Å². The van der Waals surface area contributed by atoms with Gasteiger partial charge in [0.05, 0.1) is 12.0 Å². The largest absolute Gasteiger partial charge is 0.464 e. The number of thiazole rings is 1. The summed E-state index contributed by atoms with van der Waals surface area (Å²) < 4.78 is 5.02. The van der Waals surface area contributed by atoms with E-state index in [9.17, 15) is 4.79 Å². The number of benzene rings is 1. The zero-order valence-electron chi connectivity index (χ0n) is 9.36. The molecule has 0 bridgehead atoms. The minimum atomic E-state index is -0.468. The Balaban J connectivity index is 2.55. The average molecular weight is 268 g/mol. The molecule has 0 unspecified atom stereocenters. The maximum absolute atomic E-state index is 11.6. The monoisotopic (exact) mass is 267 g/mol. The van der Waals surface area contributed by atoms with Crippen molar-refractivity contribution in [1.29, 1.82) is 0 Å². The van der Waals surface area contributed by atoms with E-state index in [0.717, 1.165) is 16.0 Å². The van der Waals surface area contributed by atoms with Crippen LogP contribution in [-0.2, 0) is 4.74 Å². The number of hydrogen-bond acceptors (Lipinski definition) is 4. The Morgan fingerprint density at radius 3 is 2.88 bits per heavy atom. The van der Waals surface area contributed by atoms with Gasteiger partial charge in [0.25, 0.3) is 0 Å². The molecule has 5 heteroatoms. The van der Waals surface area contributed by atoms with E-state index in [-0.39, 0.29) is 5.69 Å². The molecule has 1 aromatic carbocycles. The van der Waals surface area contributed by atoms with E-state index in [4.69, 9.17) is 11.6 Å². The van der Waals surface area contributed by atoms with Gasteiger partial charge in [-0.25, -0.2) is 9.78 Å². The van der Waals surface area contributed by atoms with E-state index < -0.39 is 5.97 Å². The van der Waals surface area contributed by atoms with Crippen molar-refractivity contribution in [3.8, 4) is 10.4 Å². The van der Waals surface area contributed by atoms with E-state index in [1.165, 1.54) is 18.4 Å². The third kappa shape index (κ3) is 2.48. The first-order chi connectivity index (χ1) is 8.11. The fraction of sp³-hybridized carbons (Fsp3) is 0.167. The predicted molar refractivity (Wildman–Crippen MR) is 68.6 cm³/mol. The fourth-order valence-electron chi connectivity index (χ4n) is 1.51.